The Bertz CT molecular complexity index is 174. The SMILES string of the molecule is CC(C)CCC(C)CCC(C)CCNCC(C)C. The Balaban J connectivity index is 3.42. The molecule has 0 aromatic heterocycles. The van der Waals surface area contributed by atoms with Gasteiger partial charge in [-0.25, -0.2) is 0 Å². The first kappa shape index (κ1) is 18.0. The molecule has 0 spiro atoms. The molecule has 1 nitrogen and oxygen atoms in total. The standard InChI is InChI=1S/C17H37N/c1-14(2)7-8-16(5)9-10-17(6)11-12-18-13-15(3)4/h14-18H,7-13H2,1-6H3. The molecule has 2 atom stereocenters. The highest BCUT2D eigenvalue weighted by molar-refractivity contribution is 4.61. The van der Waals surface area contributed by atoms with Crippen molar-refractivity contribution in [2.45, 2.75) is 73.6 Å². The molecule has 110 valence electrons. The Labute approximate surface area is 116 Å². The fourth-order valence-electron chi connectivity index (χ4n) is 2.21. The molecule has 1 heteroatoms. The molecule has 1 N–H and O–H groups in total. The lowest BCUT2D eigenvalue weighted by molar-refractivity contribution is 0.369. The van der Waals surface area contributed by atoms with Crippen LogP contribution in [0, 0.1) is 23.7 Å². The van der Waals surface area contributed by atoms with Crippen LogP contribution in [-0.4, -0.2) is 13.1 Å². The molecule has 0 rings (SSSR count). The molecular weight excluding hydrogens is 218 g/mol. The minimum Gasteiger partial charge on any atom is -0.316 e. The summed E-state index contributed by atoms with van der Waals surface area (Å²) in [6, 6.07) is 0. The molecule has 0 bridgehead atoms. The summed E-state index contributed by atoms with van der Waals surface area (Å²) in [6.07, 6.45) is 6.96. The molecule has 0 radical (unpaired) electrons. The zero-order chi connectivity index (χ0) is 14.0. The average molecular weight is 255 g/mol. The zero-order valence-electron chi connectivity index (χ0n) is 13.8. The number of hydrogen-bond acceptors (Lipinski definition) is 1. The molecular formula is C17H37N. The first-order valence-electron chi connectivity index (χ1n) is 8.12. The van der Waals surface area contributed by atoms with E-state index < -0.39 is 0 Å². The molecule has 0 saturated heterocycles. The Kier molecular flexibility index (Phi) is 10.8. The summed E-state index contributed by atoms with van der Waals surface area (Å²) in [5.74, 6) is 3.44. The largest absolute Gasteiger partial charge is 0.316 e. The Morgan fingerprint density at radius 3 is 1.61 bits per heavy atom. The van der Waals surface area contributed by atoms with E-state index in [9.17, 15) is 0 Å². The maximum Gasteiger partial charge on any atom is -0.00258 e. The summed E-state index contributed by atoms with van der Waals surface area (Å²) in [7, 11) is 0. The van der Waals surface area contributed by atoms with Gasteiger partial charge < -0.3 is 5.32 Å². The van der Waals surface area contributed by atoms with E-state index in [2.05, 4.69) is 46.9 Å². The van der Waals surface area contributed by atoms with Gasteiger partial charge in [-0.2, -0.15) is 0 Å². The van der Waals surface area contributed by atoms with Crippen molar-refractivity contribution >= 4 is 0 Å². The maximum absolute atomic E-state index is 3.54. The van der Waals surface area contributed by atoms with Gasteiger partial charge >= 0.3 is 0 Å². The van der Waals surface area contributed by atoms with E-state index in [1.165, 1.54) is 38.6 Å². The van der Waals surface area contributed by atoms with Crippen LogP contribution in [0.15, 0.2) is 0 Å². The van der Waals surface area contributed by atoms with Gasteiger partial charge in [0.15, 0.2) is 0 Å². The molecule has 0 fully saturated rings. The Hall–Kier alpha value is -0.0400. The Morgan fingerprint density at radius 2 is 1.11 bits per heavy atom. The molecule has 2 unspecified atom stereocenters. The molecule has 0 saturated carbocycles. The van der Waals surface area contributed by atoms with E-state index in [4.69, 9.17) is 0 Å². The van der Waals surface area contributed by atoms with Gasteiger partial charge in [0.25, 0.3) is 0 Å². The third kappa shape index (κ3) is 12.4. The quantitative estimate of drug-likeness (QED) is 0.506. The predicted octanol–water partition coefficient (Wildman–Crippen LogP) is 5.11. The van der Waals surface area contributed by atoms with Crippen LogP contribution in [0.4, 0.5) is 0 Å². The van der Waals surface area contributed by atoms with Crippen molar-refractivity contribution in [2.75, 3.05) is 13.1 Å². The van der Waals surface area contributed by atoms with Crippen LogP contribution in [0.3, 0.4) is 0 Å². The smallest absolute Gasteiger partial charge is 0.00258 e. The van der Waals surface area contributed by atoms with Gasteiger partial charge in [-0.3, -0.25) is 0 Å². The molecule has 0 aliphatic carbocycles. The van der Waals surface area contributed by atoms with Gasteiger partial charge in [0.1, 0.15) is 0 Å². The van der Waals surface area contributed by atoms with Crippen LogP contribution in [0.5, 0.6) is 0 Å². The molecule has 0 aromatic carbocycles. The number of hydrogen-bond donors (Lipinski definition) is 1. The van der Waals surface area contributed by atoms with E-state index >= 15 is 0 Å². The first-order valence-corrected chi connectivity index (χ1v) is 8.12. The van der Waals surface area contributed by atoms with E-state index in [0.29, 0.717) is 0 Å². The number of rotatable bonds is 11. The van der Waals surface area contributed by atoms with E-state index in [1.807, 2.05) is 0 Å². The normalized spacial score (nSPS) is 15.3. The molecule has 18 heavy (non-hydrogen) atoms. The topological polar surface area (TPSA) is 12.0 Å². The summed E-state index contributed by atoms with van der Waals surface area (Å²) in [4.78, 5) is 0. The third-order valence-electron chi connectivity index (χ3n) is 3.76. The van der Waals surface area contributed by atoms with Crippen molar-refractivity contribution in [1.29, 1.82) is 0 Å². The van der Waals surface area contributed by atoms with Crippen LogP contribution in [0.1, 0.15) is 73.6 Å². The lowest BCUT2D eigenvalue weighted by atomic mass is 9.91. The van der Waals surface area contributed by atoms with Crippen LogP contribution in [0.25, 0.3) is 0 Å². The van der Waals surface area contributed by atoms with Crippen molar-refractivity contribution in [3.63, 3.8) is 0 Å². The average Bonchev–Trinajstić information content (AvgIpc) is 2.29. The first-order chi connectivity index (χ1) is 8.41. The Morgan fingerprint density at radius 1 is 0.611 bits per heavy atom. The van der Waals surface area contributed by atoms with Crippen molar-refractivity contribution in [2.24, 2.45) is 23.7 Å². The van der Waals surface area contributed by atoms with Gasteiger partial charge in [-0.15, -0.1) is 0 Å². The van der Waals surface area contributed by atoms with Crippen molar-refractivity contribution < 1.29 is 0 Å². The summed E-state index contributed by atoms with van der Waals surface area (Å²) in [5.41, 5.74) is 0. The molecule has 0 heterocycles. The van der Waals surface area contributed by atoms with Crippen molar-refractivity contribution in [1.82, 2.24) is 5.32 Å². The molecule has 0 amide bonds. The fraction of sp³-hybridized carbons (Fsp3) is 1.00. The predicted molar refractivity (Wildman–Crippen MR) is 84.0 cm³/mol. The second kappa shape index (κ2) is 10.8. The summed E-state index contributed by atoms with van der Waals surface area (Å²) < 4.78 is 0. The monoisotopic (exact) mass is 255 g/mol. The summed E-state index contributed by atoms with van der Waals surface area (Å²) in [5, 5.41) is 3.54. The highest BCUT2D eigenvalue weighted by atomic mass is 14.8. The van der Waals surface area contributed by atoms with Gasteiger partial charge in [0.2, 0.25) is 0 Å². The minimum atomic E-state index is 0.774. The van der Waals surface area contributed by atoms with Gasteiger partial charge in [0, 0.05) is 0 Å². The minimum absolute atomic E-state index is 0.774. The zero-order valence-corrected chi connectivity index (χ0v) is 13.8. The fourth-order valence-corrected chi connectivity index (χ4v) is 2.21. The van der Waals surface area contributed by atoms with Crippen LogP contribution in [0.2, 0.25) is 0 Å². The molecule has 0 aliphatic rings. The lowest BCUT2D eigenvalue weighted by Gasteiger charge is -2.17. The summed E-state index contributed by atoms with van der Waals surface area (Å²) in [6.45, 7) is 16.4. The van der Waals surface area contributed by atoms with E-state index in [-0.39, 0.29) is 0 Å². The number of nitrogens with one attached hydrogen (secondary N) is 1. The van der Waals surface area contributed by atoms with Gasteiger partial charge in [-0.05, 0) is 43.2 Å². The molecule has 0 aromatic rings. The highest BCUT2D eigenvalue weighted by Gasteiger charge is 2.07. The van der Waals surface area contributed by atoms with Crippen LogP contribution >= 0.6 is 0 Å². The van der Waals surface area contributed by atoms with Gasteiger partial charge in [-0.1, -0.05) is 67.2 Å². The maximum atomic E-state index is 3.54. The van der Waals surface area contributed by atoms with Crippen molar-refractivity contribution in [3.05, 3.63) is 0 Å². The third-order valence-corrected chi connectivity index (χ3v) is 3.76. The lowest BCUT2D eigenvalue weighted by Crippen LogP contribution is -2.22. The molecule has 0 aliphatic heterocycles. The van der Waals surface area contributed by atoms with Crippen molar-refractivity contribution in [3.8, 4) is 0 Å². The van der Waals surface area contributed by atoms with Crippen LogP contribution < -0.4 is 5.32 Å². The second-order valence-corrected chi connectivity index (χ2v) is 7.15. The van der Waals surface area contributed by atoms with E-state index in [0.717, 1.165) is 30.2 Å². The second-order valence-electron chi connectivity index (χ2n) is 7.15. The van der Waals surface area contributed by atoms with Crippen LogP contribution in [-0.2, 0) is 0 Å². The van der Waals surface area contributed by atoms with E-state index in [1.54, 1.807) is 0 Å². The van der Waals surface area contributed by atoms with Gasteiger partial charge in [0.05, 0.1) is 0 Å². The summed E-state index contributed by atoms with van der Waals surface area (Å²) >= 11 is 0. The highest BCUT2D eigenvalue weighted by Crippen LogP contribution is 2.20.